The van der Waals surface area contributed by atoms with Crippen molar-refractivity contribution in [1.29, 1.82) is 0 Å². The highest BCUT2D eigenvalue weighted by Gasteiger charge is 2.10. The zero-order chi connectivity index (χ0) is 11.1. The van der Waals surface area contributed by atoms with Gasteiger partial charge in [-0.25, -0.2) is 0 Å². The molecule has 1 aromatic heterocycles. The van der Waals surface area contributed by atoms with E-state index in [0.29, 0.717) is 6.04 Å². The van der Waals surface area contributed by atoms with Gasteiger partial charge >= 0.3 is 0 Å². The molecule has 2 unspecified atom stereocenters. The molecule has 2 nitrogen and oxygen atoms in total. The summed E-state index contributed by atoms with van der Waals surface area (Å²) in [6.45, 7) is 7.66. The standard InChI is InChI=1S/C13H23NO/c1-4-11(3)9-12(5-2)14-10-13-7-6-8-15-13/h6-8,11-12,14H,4-5,9-10H2,1-3H3. The highest BCUT2D eigenvalue weighted by atomic mass is 16.3. The molecule has 0 fully saturated rings. The second-order valence-electron chi connectivity index (χ2n) is 4.31. The molecule has 1 N–H and O–H groups in total. The van der Waals surface area contributed by atoms with Gasteiger partial charge in [0.25, 0.3) is 0 Å². The van der Waals surface area contributed by atoms with E-state index in [1.54, 1.807) is 6.26 Å². The van der Waals surface area contributed by atoms with Gasteiger partial charge in [0.05, 0.1) is 12.8 Å². The van der Waals surface area contributed by atoms with Crippen LogP contribution < -0.4 is 5.32 Å². The van der Waals surface area contributed by atoms with Crippen molar-refractivity contribution in [2.24, 2.45) is 5.92 Å². The zero-order valence-electron chi connectivity index (χ0n) is 10.1. The lowest BCUT2D eigenvalue weighted by Crippen LogP contribution is -2.29. The van der Waals surface area contributed by atoms with Crippen LogP contribution in [0, 0.1) is 5.92 Å². The number of rotatable bonds is 7. The quantitative estimate of drug-likeness (QED) is 0.742. The molecule has 0 aliphatic heterocycles. The average molecular weight is 209 g/mol. The van der Waals surface area contributed by atoms with Crippen LogP contribution >= 0.6 is 0 Å². The third-order valence-corrected chi connectivity index (χ3v) is 3.02. The maximum atomic E-state index is 5.30. The molecule has 15 heavy (non-hydrogen) atoms. The molecule has 0 saturated heterocycles. The first kappa shape index (κ1) is 12.3. The fourth-order valence-electron chi connectivity index (χ4n) is 1.70. The van der Waals surface area contributed by atoms with Gasteiger partial charge in [0.1, 0.15) is 5.76 Å². The fourth-order valence-corrected chi connectivity index (χ4v) is 1.70. The Kier molecular flexibility index (Phi) is 5.48. The highest BCUT2D eigenvalue weighted by Crippen LogP contribution is 2.12. The lowest BCUT2D eigenvalue weighted by atomic mass is 9.98. The summed E-state index contributed by atoms with van der Waals surface area (Å²) in [4.78, 5) is 0. The van der Waals surface area contributed by atoms with Crippen LogP contribution in [0.1, 0.15) is 45.8 Å². The summed E-state index contributed by atoms with van der Waals surface area (Å²) in [5, 5.41) is 3.54. The summed E-state index contributed by atoms with van der Waals surface area (Å²) in [5.41, 5.74) is 0. The van der Waals surface area contributed by atoms with E-state index in [1.807, 2.05) is 12.1 Å². The summed E-state index contributed by atoms with van der Waals surface area (Å²) >= 11 is 0. The Balaban J connectivity index is 2.27. The van der Waals surface area contributed by atoms with E-state index in [-0.39, 0.29) is 0 Å². The van der Waals surface area contributed by atoms with Crippen LogP contribution in [0.25, 0.3) is 0 Å². The molecular formula is C13H23NO. The first-order valence-electron chi connectivity index (χ1n) is 6.02. The van der Waals surface area contributed by atoms with Gasteiger partial charge in [-0.1, -0.05) is 27.2 Å². The maximum absolute atomic E-state index is 5.30. The van der Waals surface area contributed by atoms with Crippen molar-refractivity contribution in [1.82, 2.24) is 5.32 Å². The van der Waals surface area contributed by atoms with Crippen molar-refractivity contribution in [2.75, 3.05) is 0 Å². The first-order valence-corrected chi connectivity index (χ1v) is 6.02. The van der Waals surface area contributed by atoms with Gasteiger partial charge in [0.15, 0.2) is 0 Å². The third-order valence-electron chi connectivity index (χ3n) is 3.02. The van der Waals surface area contributed by atoms with Crippen LogP contribution in [0.5, 0.6) is 0 Å². The minimum atomic E-state index is 0.616. The zero-order valence-corrected chi connectivity index (χ0v) is 10.1. The van der Waals surface area contributed by atoms with Crippen LogP contribution in [0.4, 0.5) is 0 Å². The van der Waals surface area contributed by atoms with E-state index in [2.05, 4.69) is 26.1 Å². The molecule has 0 aliphatic carbocycles. The van der Waals surface area contributed by atoms with E-state index >= 15 is 0 Å². The topological polar surface area (TPSA) is 25.2 Å². The number of hydrogen-bond donors (Lipinski definition) is 1. The maximum Gasteiger partial charge on any atom is 0.117 e. The summed E-state index contributed by atoms with van der Waals surface area (Å²) in [5.74, 6) is 1.83. The third kappa shape index (κ3) is 4.52. The van der Waals surface area contributed by atoms with E-state index in [1.165, 1.54) is 19.3 Å². The van der Waals surface area contributed by atoms with E-state index in [4.69, 9.17) is 4.42 Å². The Morgan fingerprint density at radius 2 is 2.13 bits per heavy atom. The average Bonchev–Trinajstić information content (AvgIpc) is 2.76. The fraction of sp³-hybridized carbons (Fsp3) is 0.692. The molecule has 0 amide bonds. The second-order valence-corrected chi connectivity index (χ2v) is 4.31. The van der Waals surface area contributed by atoms with Crippen LogP contribution in [-0.4, -0.2) is 6.04 Å². The van der Waals surface area contributed by atoms with E-state index in [0.717, 1.165) is 18.2 Å². The van der Waals surface area contributed by atoms with Gasteiger partial charge in [0, 0.05) is 6.04 Å². The number of hydrogen-bond acceptors (Lipinski definition) is 2. The SMILES string of the molecule is CCC(C)CC(CC)NCc1ccco1. The van der Waals surface area contributed by atoms with Gasteiger partial charge in [-0.2, -0.15) is 0 Å². The molecule has 0 bridgehead atoms. The normalized spacial score (nSPS) is 15.1. The van der Waals surface area contributed by atoms with Crippen LogP contribution in [0.2, 0.25) is 0 Å². The van der Waals surface area contributed by atoms with Crippen LogP contribution in [0.3, 0.4) is 0 Å². The Morgan fingerprint density at radius 1 is 1.33 bits per heavy atom. The van der Waals surface area contributed by atoms with Gasteiger partial charge in [0.2, 0.25) is 0 Å². The van der Waals surface area contributed by atoms with Gasteiger partial charge in [-0.05, 0) is 30.9 Å². The molecule has 0 spiro atoms. The largest absolute Gasteiger partial charge is 0.468 e. The van der Waals surface area contributed by atoms with Gasteiger partial charge in [-0.15, -0.1) is 0 Å². The van der Waals surface area contributed by atoms with Crippen molar-refractivity contribution in [2.45, 2.75) is 52.6 Å². The molecule has 1 aromatic rings. The summed E-state index contributed by atoms with van der Waals surface area (Å²) < 4.78 is 5.30. The Morgan fingerprint density at radius 3 is 2.67 bits per heavy atom. The number of furan rings is 1. The molecule has 2 heteroatoms. The molecule has 0 aliphatic rings. The first-order chi connectivity index (χ1) is 7.26. The summed E-state index contributed by atoms with van der Waals surface area (Å²) in [6, 6.07) is 4.57. The predicted octanol–water partition coefficient (Wildman–Crippen LogP) is 3.58. The Labute approximate surface area is 93.1 Å². The molecule has 2 atom stereocenters. The Hall–Kier alpha value is -0.760. The monoisotopic (exact) mass is 209 g/mol. The lowest BCUT2D eigenvalue weighted by Gasteiger charge is -2.19. The van der Waals surface area contributed by atoms with Gasteiger partial charge in [-0.3, -0.25) is 0 Å². The van der Waals surface area contributed by atoms with Crippen LogP contribution in [-0.2, 0) is 6.54 Å². The smallest absolute Gasteiger partial charge is 0.117 e. The van der Waals surface area contributed by atoms with Crippen molar-refractivity contribution >= 4 is 0 Å². The molecular weight excluding hydrogens is 186 g/mol. The summed E-state index contributed by atoms with van der Waals surface area (Å²) in [6.07, 6.45) is 5.43. The van der Waals surface area contributed by atoms with Gasteiger partial charge < -0.3 is 9.73 Å². The van der Waals surface area contributed by atoms with Crippen molar-refractivity contribution in [3.63, 3.8) is 0 Å². The minimum absolute atomic E-state index is 0.616. The van der Waals surface area contributed by atoms with E-state index < -0.39 is 0 Å². The molecule has 0 radical (unpaired) electrons. The van der Waals surface area contributed by atoms with Crippen molar-refractivity contribution < 1.29 is 4.42 Å². The highest BCUT2D eigenvalue weighted by molar-refractivity contribution is 4.97. The van der Waals surface area contributed by atoms with Crippen LogP contribution in [0.15, 0.2) is 22.8 Å². The summed E-state index contributed by atoms with van der Waals surface area (Å²) in [7, 11) is 0. The van der Waals surface area contributed by atoms with E-state index in [9.17, 15) is 0 Å². The lowest BCUT2D eigenvalue weighted by molar-refractivity contribution is 0.367. The Bertz CT molecular complexity index is 243. The predicted molar refractivity (Wildman–Crippen MR) is 63.7 cm³/mol. The van der Waals surface area contributed by atoms with Crippen molar-refractivity contribution in [3.8, 4) is 0 Å². The molecule has 0 saturated carbocycles. The number of nitrogens with one attached hydrogen (secondary N) is 1. The molecule has 1 rings (SSSR count). The molecule has 1 heterocycles. The molecule has 86 valence electrons. The minimum Gasteiger partial charge on any atom is -0.468 e. The van der Waals surface area contributed by atoms with Crippen molar-refractivity contribution in [3.05, 3.63) is 24.2 Å². The second kappa shape index (κ2) is 6.67. The molecule has 0 aromatic carbocycles.